The molecule has 0 radical (unpaired) electrons. The molecule has 0 spiro atoms. The van der Waals surface area contributed by atoms with Crippen molar-refractivity contribution < 1.29 is 0 Å². The van der Waals surface area contributed by atoms with E-state index in [0.29, 0.717) is 5.95 Å². The predicted molar refractivity (Wildman–Crippen MR) is 69.7 cm³/mol. The summed E-state index contributed by atoms with van der Waals surface area (Å²) in [5.74, 6) is 0.639. The molecule has 3 N–H and O–H groups in total. The van der Waals surface area contributed by atoms with E-state index in [2.05, 4.69) is 22.2 Å². The Morgan fingerprint density at radius 2 is 1.71 bits per heavy atom. The maximum Gasteiger partial charge on any atom is 0.223 e. The van der Waals surface area contributed by atoms with Gasteiger partial charge in [0.15, 0.2) is 0 Å². The molecule has 17 heavy (non-hydrogen) atoms. The van der Waals surface area contributed by atoms with Gasteiger partial charge in [0.25, 0.3) is 0 Å². The maximum absolute atomic E-state index is 5.65. The van der Waals surface area contributed by atoms with Gasteiger partial charge in [-0.3, -0.25) is 0 Å². The van der Waals surface area contributed by atoms with Gasteiger partial charge in [0.05, 0.1) is 6.04 Å². The Morgan fingerprint density at radius 1 is 1.12 bits per heavy atom. The topological polar surface area (TPSA) is 63.8 Å². The highest BCUT2D eigenvalue weighted by Crippen LogP contribution is 2.17. The third-order valence-corrected chi connectivity index (χ3v) is 2.56. The van der Waals surface area contributed by atoms with Crippen LogP contribution in [0.3, 0.4) is 0 Å². The van der Waals surface area contributed by atoms with Crippen molar-refractivity contribution in [1.82, 2.24) is 9.97 Å². The van der Waals surface area contributed by atoms with Crippen molar-refractivity contribution in [2.45, 2.75) is 19.9 Å². The van der Waals surface area contributed by atoms with Crippen LogP contribution in [0.1, 0.15) is 24.1 Å². The first-order valence-corrected chi connectivity index (χ1v) is 5.56. The summed E-state index contributed by atoms with van der Waals surface area (Å²) in [5.41, 5.74) is 8.63. The lowest BCUT2D eigenvalue weighted by molar-refractivity contribution is 0.859. The fourth-order valence-electron chi connectivity index (χ4n) is 1.53. The minimum Gasteiger partial charge on any atom is -0.399 e. The van der Waals surface area contributed by atoms with Gasteiger partial charge in [-0.05, 0) is 37.1 Å². The van der Waals surface area contributed by atoms with E-state index in [4.69, 9.17) is 5.73 Å². The van der Waals surface area contributed by atoms with Crippen molar-refractivity contribution in [3.05, 3.63) is 47.8 Å². The van der Waals surface area contributed by atoms with E-state index < -0.39 is 0 Å². The summed E-state index contributed by atoms with van der Waals surface area (Å²) in [6.45, 7) is 4.03. The van der Waals surface area contributed by atoms with Crippen LogP contribution in [-0.4, -0.2) is 9.97 Å². The van der Waals surface area contributed by atoms with Crippen LogP contribution in [0.4, 0.5) is 11.6 Å². The molecule has 0 aliphatic carbocycles. The zero-order valence-electron chi connectivity index (χ0n) is 10.0. The summed E-state index contributed by atoms with van der Waals surface area (Å²) >= 11 is 0. The van der Waals surface area contributed by atoms with Crippen LogP contribution >= 0.6 is 0 Å². The van der Waals surface area contributed by atoms with Crippen LogP contribution in [0.2, 0.25) is 0 Å². The number of hydrogen-bond acceptors (Lipinski definition) is 4. The fraction of sp³-hybridized carbons (Fsp3) is 0.231. The average molecular weight is 228 g/mol. The van der Waals surface area contributed by atoms with E-state index in [1.165, 1.54) is 0 Å². The second kappa shape index (κ2) is 4.82. The van der Waals surface area contributed by atoms with Gasteiger partial charge >= 0.3 is 0 Å². The van der Waals surface area contributed by atoms with Gasteiger partial charge < -0.3 is 11.1 Å². The average Bonchev–Trinajstić information content (AvgIpc) is 2.33. The molecular formula is C13H16N4. The second-order valence-electron chi connectivity index (χ2n) is 4.12. The monoisotopic (exact) mass is 228 g/mol. The van der Waals surface area contributed by atoms with Crippen LogP contribution in [0.15, 0.2) is 36.7 Å². The highest BCUT2D eigenvalue weighted by atomic mass is 15.1. The smallest absolute Gasteiger partial charge is 0.223 e. The predicted octanol–water partition coefficient (Wildman–Crippen LogP) is 2.54. The Balaban J connectivity index is 2.08. The number of anilines is 2. The zero-order valence-corrected chi connectivity index (χ0v) is 10.0. The third-order valence-electron chi connectivity index (χ3n) is 2.56. The molecule has 0 aliphatic rings. The van der Waals surface area contributed by atoms with Crippen molar-refractivity contribution in [2.24, 2.45) is 0 Å². The minimum absolute atomic E-state index is 0.151. The van der Waals surface area contributed by atoms with Crippen LogP contribution in [0.25, 0.3) is 0 Å². The van der Waals surface area contributed by atoms with Gasteiger partial charge in [0, 0.05) is 18.1 Å². The molecule has 0 saturated carbocycles. The van der Waals surface area contributed by atoms with Crippen molar-refractivity contribution in [1.29, 1.82) is 0 Å². The number of nitrogens with zero attached hydrogens (tertiary/aromatic N) is 2. The lowest BCUT2D eigenvalue weighted by atomic mass is 10.1. The van der Waals surface area contributed by atoms with Crippen LogP contribution in [0.5, 0.6) is 0 Å². The summed E-state index contributed by atoms with van der Waals surface area (Å²) in [6, 6.07) is 7.94. The molecule has 0 fully saturated rings. The van der Waals surface area contributed by atoms with Crippen molar-refractivity contribution in [3.63, 3.8) is 0 Å². The molecule has 0 saturated heterocycles. The molecule has 1 aromatic carbocycles. The zero-order chi connectivity index (χ0) is 12.3. The first kappa shape index (κ1) is 11.4. The molecule has 4 nitrogen and oxygen atoms in total. The molecule has 1 aromatic heterocycles. The van der Waals surface area contributed by atoms with Gasteiger partial charge in [-0.25, -0.2) is 9.97 Å². The third kappa shape index (κ3) is 2.93. The Morgan fingerprint density at radius 3 is 2.29 bits per heavy atom. The number of nitrogens with one attached hydrogen (secondary N) is 1. The molecule has 0 aliphatic heterocycles. The molecule has 2 aromatic rings. The van der Waals surface area contributed by atoms with E-state index in [0.717, 1.165) is 16.8 Å². The molecular weight excluding hydrogens is 212 g/mol. The fourth-order valence-corrected chi connectivity index (χ4v) is 1.53. The Kier molecular flexibility index (Phi) is 3.23. The normalized spacial score (nSPS) is 12.1. The standard InChI is InChI=1S/C13H16N4/c1-9-7-15-13(16-8-9)17-10(2)11-3-5-12(14)6-4-11/h3-8,10H,14H2,1-2H3,(H,15,16,17). The number of hydrogen-bond donors (Lipinski definition) is 2. The number of nitrogens with two attached hydrogens (primary N) is 1. The van der Waals surface area contributed by atoms with Crippen molar-refractivity contribution >= 4 is 11.6 Å². The Labute approximate surface area is 101 Å². The van der Waals surface area contributed by atoms with E-state index in [9.17, 15) is 0 Å². The molecule has 1 heterocycles. The summed E-state index contributed by atoms with van der Waals surface area (Å²) in [6.07, 6.45) is 3.59. The Hall–Kier alpha value is -2.10. The van der Waals surface area contributed by atoms with Gasteiger partial charge in [-0.1, -0.05) is 12.1 Å². The number of benzene rings is 1. The second-order valence-corrected chi connectivity index (χ2v) is 4.12. The molecule has 88 valence electrons. The summed E-state index contributed by atoms with van der Waals surface area (Å²) in [4.78, 5) is 8.43. The lowest BCUT2D eigenvalue weighted by Crippen LogP contribution is -2.09. The number of nitrogen functional groups attached to an aromatic ring is 1. The lowest BCUT2D eigenvalue weighted by Gasteiger charge is -2.14. The summed E-state index contributed by atoms with van der Waals surface area (Å²) in [5, 5.41) is 3.24. The number of rotatable bonds is 3. The molecule has 2 rings (SSSR count). The first-order valence-electron chi connectivity index (χ1n) is 5.56. The first-order chi connectivity index (χ1) is 8.15. The van der Waals surface area contributed by atoms with Crippen LogP contribution in [0, 0.1) is 6.92 Å². The van der Waals surface area contributed by atoms with E-state index >= 15 is 0 Å². The van der Waals surface area contributed by atoms with Crippen molar-refractivity contribution in [2.75, 3.05) is 11.1 Å². The summed E-state index contributed by atoms with van der Waals surface area (Å²) in [7, 11) is 0. The quantitative estimate of drug-likeness (QED) is 0.792. The largest absolute Gasteiger partial charge is 0.399 e. The minimum atomic E-state index is 0.151. The van der Waals surface area contributed by atoms with Gasteiger partial charge in [0.1, 0.15) is 0 Å². The molecule has 1 unspecified atom stereocenters. The Bertz CT molecular complexity index is 476. The highest BCUT2D eigenvalue weighted by Gasteiger charge is 2.06. The maximum atomic E-state index is 5.65. The van der Waals surface area contributed by atoms with E-state index in [1.54, 1.807) is 12.4 Å². The van der Waals surface area contributed by atoms with Gasteiger partial charge in [-0.2, -0.15) is 0 Å². The van der Waals surface area contributed by atoms with Crippen molar-refractivity contribution in [3.8, 4) is 0 Å². The van der Waals surface area contributed by atoms with Crippen LogP contribution in [-0.2, 0) is 0 Å². The highest BCUT2D eigenvalue weighted by molar-refractivity contribution is 5.41. The SMILES string of the molecule is Cc1cnc(NC(C)c2ccc(N)cc2)nc1. The molecule has 0 amide bonds. The molecule has 4 heteroatoms. The number of aromatic nitrogens is 2. The van der Waals surface area contributed by atoms with E-state index in [-0.39, 0.29) is 6.04 Å². The van der Waals surface area contributed by atoms with Gasteiger partial charge in [0.2, 0.25) is 5.95 Å². The van der Waals surface area contributed by atoms with Crippen LogP contribution < -0.4 is 11.1 Å². The summed E-state index contributed by atoms with van der Waals surface area (Å²) < 4.78 is 0. The molecule has 1 atom stereocenters. The van der Waals surface area contributed by atoms with E-state index in [1.807, 2.05) is 31.2 Å². The van der Waals surface area contributed by atoms with Gasteiger partial charge in [-0.15, -0.1) is 0 Å². The number of aryl methyl sites for hydroxylation is 1. The molecule has 0 bridgehead atoms.